The lowest BCUT2D eigenvalue weighted by atomic mass is 10.1. The molecule has 0 aliphatic rings. The number of thiazole rings is 1. The fraction of sp³-hybridized carbons (Fsp3) is 0.400. The number of aromatic nitrogens is 3. The molecule has 0 spiro atoms. The molecule has 0 atom stereocenters. The van der Waals surface area contributed by atoms with Crippen molar-refractivity contribution in [3.05, 3.63) is 47.5 Å². The normalized spacial score (nSPS) is 11.3. The highest BCUT2D eigenvalue weighted by Gasteiger charge is 2.23. The van der Waals surface area contributed by atoms with E-state index in [9.17, 15) is 4.79 Å². The number of hydrogen-bond acceptors (Lipinski definition) is 6. The van der Waals surface area contributed by atoms with Gasteiger partial charge in [0.25, 0.3) is 5.91 Å². The Morgan fingerprint density at radius 3 is 2.56 bits per heavy atom. The van der Waals surface area contributed by atoms with Crippen molar-refractivity contribution in [1.29, 1.82) is 0 Å². The second-order valence-corrected chi connectivity index (χ2v) is 7.43. The Hall–Kier alpha value is -2.38. The molecule has 0 saturated carbocycles. The van der Waals surface area contributed by atoms with Gasteiger partial charge in [0.2, 0.25) is 0 Å². The summed E-state index contributed by atoms with van der Waals surface area (Å²) in [5.74, 6) is -0.163. The maximum atomic E-state index is 13.1. The van der Waals surface area contributed by atoms with Gasteiger partial charge in [0.15, 0.2) is 5.13 Å². The van der Waals surface area contributed by atoms with Gasteiger partial charge in [-0.25, -0.2) is 9.97 Å². The van der Waals surface area contributed by atoms with E-state index in [1.54, 1.807) is 28.6 Å². The third-order valence-electron chi connectivity index (χ3n) is 4.87. The molecular formula is C20H25N5OS. The molecule has 2 aromatic heterocycles. The molecule has 0 aliphatic heterocycles. The molecule has 1 amide bonds. The van der Waals surface area contributed by atoms with Crippen LogP contribution in [0, 0.1) is 13.8 Å². The first-order chi connectivity index (χ1) is 13.0. The Morgan fingerprint density at radius 2 is 1.89 bits per heavy atom. The maximum Gasteiger partial charge on any atom is 0.280 e. The van der Waals surface area contributed by atoms with Crippen LogP contribution in [0.25, 0.3) is 10.2 Å². The van der Waals surface area contributed by atoms with Crippen molar-refractivity contribution in [2.24, 2.45) is 0 Å². The van der Waals surface area contributed by atoms with Gasteiger partial charge in [-0.15, -0.1) is 0 Å². The van der Waals surface area contributed by atoms with E-state index in [2.05, 4.69) is 54.7 Å². The van der Waals surface area contributed by atoms with Gasteiger partial charge >= 0.3 is 0 Å². The largest absolute Gasteiger partial charge is 0.302 e. The number of anilines is 1. The number of rotatable bonds is 7. The molecule has 2 heterocycles. The van der Waals surface area contributed by atoms with Gasteiger partial charge < -0.3 is 4.90 Å². The Kier molecular flexibility index (Phi) is 6.13. The van der Waals surface area contributed by atoms with E-state index in [1.165, 1.54) is 11.8 Å². The summed E-state index contributed by atoms with van der Waals surface area (Å²) in [6, 6.07) is 4.18. The molecular weight excluding hydrogens is 358 g/mol. The summed E-state index contributed by atoms with van der Waals surface area (Å²) < 4.78 is 1.09. The van der Waals surface area contributed by atoms with Crippen LogP contribution in [-0.4, -0.2) is 51.9 Å². The van der Waals surface area contributed by atoms with Crippen LogP contribution >= 0.6 is 11.3 Å². The highest BCUT2D eigenvalue weighted by molar-refractivity contribution is 7.22. The molecule has 0 aliphatic carbocycles. The smallest absolute Gasteiger partial charge is 0.280 e. The first-order valence-electron chi connectivity index (χ1n) is 9.22. The van der Waals surface area contributed by atoms with Crippen LogP contribution in [0.15, 0.2) is 30.7 Å². The zero-order valence-corrected chi connectivity index (χ0v) is 17.1. The molecule has 0 fully saturated rings. The number of hydrogen-bond donors (Lipinski definition) is 0. The van der Waals surface area contributed by atoms with Crippen molar-refractivity contribution >= 4 is 32.6 Å². The van der Waals surface area contributed by atoms with Crippen LogP contribution in [0.2, 0.25) is 0 Å². The van der Waals surface area contributed by atoms with E-state index in [-0.39, 0.29) is 5.91 Å². The zero-order valence-electron chi connectivity index (χ0n) is 16.3. The van der Waals surface area contributed by atoms with Crippen LogP contribution in [0.1, 0.15) is 35.5 Å². The highest BCUT2D eigenvalue weighted by Crippen LogP contribution is 2.32. The molecule has 27 heavy (non-hydrogen) atoms. The van der Waals surface area contributed by atoms with Crippen molar-refractivity contribution in [3.63, 3.8) is 0 Å². The number of benzene rings is 1. The monoisotopic (exact) mass is 383 g/mol. The van der Waals surface area contributed by atoms with Crippen LogP contribution in [0.3, 0.4) is 0 Å². The third kappa shape index (κ3) is 4.14. The van der Waals surface area contributed by atoms with Crippen LogP contribution in [0.4, 0.5) is 5.13 Å². The quantitative estimate of drug-likeness (QED) is 0.623. The molecule has 7 heteroatoms. The van der Waals surface area contributed by atoms with Crippen LogP contribution < -0.4 is 4.90 Å². The number of likely N-dealkylation sites (N-methyl/N-ethyl adjacent to an activating group) is 1. The van der Waals surface area contributed by atoms with E-state index in [4.69, 9.17) is 4.98 Å². The number of nitrogens with zero attached hydrogens (tertiary/aromatic N) is 5. The highest BCUT2D eigenvalue weighted by atomic mass is 32.1. The summed E-state index contributed by atoms with van der Waals surface area (Å²) in [7, 11) is 0. The average Bonchev–Trinajstić information content (AvgIpc) is 3.13. The molecule has 0 bridgehead atoms. The van der Waals surface area contributed by atoms with Gasteiger partial charge in [0.1, 0.15) is 5.69 Å². The summed E-state index contributed by atoms with van der Waals surface area (Å²) >= 11 is 1.55. The lowest BCUT2D eigenvalue weighted by molar-refractivity contribution is 0.0978. The van der Waals surface area contributed by atoms with E-state index in [0.29, 0.717) is 17.4 Å². The molecule has 142 valence electrons. The Bertz CT molecular complexity index is 921. The van der Waals surface area contributed by atoms with E-state index in [1.807, 2.05) is 0 Å². The van der Waals surface area contributed by atoms with Gasteiger partial charge in [0, 0.05) is 25.5 Å². The Morgan fingerprint density at radius 1 is 1.11 bits per heavy atom. The fourth-order valence-corrected chi connectivity index (χ4v) is 3.99. The van der Waals surface area contributed by atoms with Crippen molar-refractivity contribution in [1.82, 2.24) is 19.9 Å². The van der Waals surface area contributed by atoms with E-state index >= 15 is 0 Å². The molecule has 0 N–H and O–H groups in total. The molecule has 1 aromatic carbocycles. The first-order valence-corrected chi connectivity index (χ1v) is 10.0. The second-order valence-electron chi connectivity index (χ2n) is 6.42. The number of carbonyl (C=O) groups excluding carboxylic acids is 1. The van der Waals surface area contributed by atoms with E-state index < -0.39 is 0 Å². The maximum absolute atomic E-state index is 13.1. The molecule has 3 aromatic rings. The molecule has 3 rings (SSSR count). The summed E-state index contributed by atoms with van der Waals surface area (Å²) in [6.07, 6.45) is 4.62. The van der Waals surface area contributed by atoms with Crippen LogP contribution in [-0.2, 0) is 0 Å². The molecule has 0 radical (unpaired) electrons. The van der Waals surface area contributed by atoms with Gasteiger partial charge in [0.05, 0.1) is 16.4 Å². The summed E-state index contributed by atoms with van der Waals surface area (Å²) in [5.41, 5.74) is 3.67. The Balaban J connectivity index is 1.98. The van der Waals surface area contributed by atoms with E-state index in [0.717, 1.165) is 35.4 Å². The van der Waals surface area contributed by atoms with Crippen molar-refractivity contribution in [2.75, 3.05) is 31.1 Å². The number of aryl methyl sites for hydroxylation is 2. The number of fused-ring (bicyclic) bond motifs is 1. The van der Waals surface area contributed by atoms with Crippen LogP contribution in [0.5, 0.6) is 0 Å². The zero-order chi connectivity index (χ0) is 19.4. The standard InChI is InChI=1S/C20H25N5OS/c1-5-24(6-2)11-12-25(19(26)16-13-21-9-10-22-16)20-23-18-15(4)14(3)7-8-17(18)27-20/h7-10,13H,5-6,11-12H2,1-4H3. The van der Waals surface area contributed by atoms with Crippen molar-refractivity contribution < 1.29 is 4.79 Å². The summed E-state index contributed by atoms with van der Waals surface area (Å²) in [6.45, 7) is 11.7. The summed E-state index contributed by atoms with van der Waals surface area (Å²) in [5, 5.41) is 0.710. The predicted octanol–water partition coefficient (Wildman–Crippen LogP) is 3.69. The van der Waals surface area contributed by atoms with Gasteiger partial charge in [-0.2, -0.15) is 0 Å². The number of amides is 1. The molecule has 0 saturated heterocycles. The topological polar surface area (TPSA) is 62.2 Å². The molecule has 6 nitrogen and oxygen atoms in total. The fourth-order valence-electron chi connectivity index (χ4n) is 2.94. The van der Waals surface area contributed by atoms with Gasteiger partial charge in [-0.1, -0.05) is 31.3 Å². The SMILES string of the molecule is CCN(CC)CCN(C(=O)c1cnccn1)c1nc2c(C)c(C)ccc2s1. The number of carbonyl (C=O) groups is 1. The van der Waals surface area contributed by atoms with Crippen molar-refractivity contribution in [3.8, 4) is 0 Å². The lowest BCUT2D eigenvalue weighted by Gasteiger charge is -2.24. The van der Waals surface area contributed by atoms with Crippen molar-refractivity contribution in [2.45, 2.75) is 27.7 Å². The molecule has 0 unspecified atom stereocenters. The average molecular weight is 384 g/mol. The predicted molar refractivity (Wildman–Crippen MR) is 111 cm³/mol. The Labute approximate surface area is 163 Å². The third-order valence-corrected chi connectivity index (χ3v) is 5.91. The minimum atomic E-state index is -0.163. The first kappa shape index (κ1) is 19.4. The van der Waals surface area contributed by atoms with Gasteiger partial charge in [-0.3, -0.25) is 14.7 Å². The minimum absolute atomic E-state index is 0.163. The summed E-state index contributed by atoms with van der Waals surface area (Å²) in [4.78, 5) is 30.2. The second kappa shape index (κ2) is 8.54. The minimum Gasteiger partial charge on any atom is -0.302 e. The van der Waals surface area contributed by atoms with Gasteiger partial charge in [-0.05, 0) is 44.1 Å². The lowest BCUT2D eigenvalue weighted by Crippen LogP contribution is -2.39.